The highest BCUT2D eigenvalue weighted by atomic mass is 35.5. The molecule has 0 atom stereocenters. The highest BCUT2D eigenvalue weighted by molar-refractivity contribution is 6.31. The van der Waals surface area contributed by atoms with Crippen LogP contribution in [0.5, 0.6) is 0 Å². The number of alkyl halides is 3. The molecule has 0 radical (unpaired) electrons. The van der Waals surface area contributed by atoms with Crippen molar-refractivity contribution in [2.45, 2.75) is 6.18 Å². The van der Waals surface area contributed by atoms with E-state index in [0.29, 0.717) is 6.07 Å². The van der Waals surface area contributed by atoms with Crippen LogP contribution in [0, 0.1) is 5.82 Å². The van der Waals surface area contributed by atoms with Gasteiger partial charge in [-0.15, -0.1) is 0 Å². The summed E-state index contributed by atoms with van der Waals surface area (Å²) in [6.07, 6.45) is -4.57. The van der Waals surface area contributed by atoms with Crippen LogP contribution in [-0.4, -0.2) is 4.98 Å². The molecule has 0 fully saturated rings. The first kappa shape index (κ1) is 14.4. The van der Waals surface area contributed by atoms with E-state index < -0.39 is 17.6 Å². The van der Waals surface area contributed by atoms with Crippen LogP contribution < -0.4 is 11.1 Å². The lowest BCUT2D eigenvalue weighted by molar-refractivity contribution is -0.137. The van der Waals surface area contributed by atoms with Gasteiger partial charge in [-0.1, -0.05) is 17.7 Å². The summed E-state index contributed by atoms with van der Waals surface area (Å²) in [7, 11) is 0. The van der Waals surface area contributed by atoms with Crippen molar-refractivity contribution < 1.29 is 17.6 Å². The highest BCUT2D eigenvalue weighted by Gasteiger charge is 2.31. The maximum atomic E-state index is 13.6. The van der Waals surface area contributed by atoms with Crippen LogP contribution in [0.3, 0.4) is 0 Å². The molecule has 8 heteroatoms. The van der Waals surface area contributed by atoms with Crippen molar-refractivity contribution in [3.8, 4) is 0 Å². The second-order valence-electron chi connectivity index (χ2n) is 3.89. The predicted molar refractivity (Wildman–Crippen MR) is 68.3 cm³/mol. The largest absolute Gasteiger partial charge is 0.416 e. The molecule has 3 N–H and O–H groups in total. The maximum Gasteiger partial charge on any atom is 0.416 e. The molecule has 0 aliphatic carbocycles. The van der Waals surface area contributed by atoms with Gasteiger partial charge in [-0.3, -0.25) is 0 Å². The molecule has 2 aromatic rings. The molecule has 1 aromatic heterocycles. The molecule has 106 valence electrons. The van der Waals surface area contributed by atoms with Crippen LogP contribution in [-0.2, 0) is 6.18 Å². The Bertz CT molecular complexity index is 643. The van der Waals surface area contributed by atoms with Crippen LogP contribution >= 0.6 is 11.6 Å². The van der Waals surface area contributed by atoms with Gasteiger partial charge in [-0.25, -0.2) is 9.37 Å². The molecule has 0 saturated heterocycles. The third kappa shape index (κ3) is 3.11. The molecule has 20 heavy (non-hydrogen) atoms. The number of nitrogens with one attached hydrogen (secondary N) is 1. The number of nitrogens with zero attached hydrogens (tertiary/aromatic N) is 1. The Labute approximate surface area is 116 Å². The molecule has 0 saturated carbocycles. The minimum atomic E-state index is -4.57. The van der Waals surface area contributed by atoms with Gasteiger partial charge < -0.3 is 11.1 Å². The van der Waals surface area contributed by atoms with E-state index in [2.05, 4.69) is 10.3 Å². The first-order chi connectivity index (χ1) is 9.27. The first-order valence-electron chi connectivity index (χ1n) is 5.33. The zero-order chi connectivity index (χ0) is 14.9. The topological polar surface area (TPSA) is 50.9 Å². The van der Waals surface area contributed by atoms with Gasteiger partial charge in [0.15, 0.2) is 5.82 Å². The number of hydrogen-bond acceptors (Lipinski definition) is 3. The molecule has 0 amide bonds. The Balaban J connectivity index is 2.39. The zero-order valence-corrected chi connectivity index (χ0v) is 10.6. The van der Waals surface area contributed by atoms with Crippen LogP contribution in [0.4, 0.5) is 34.9 Å². The fourth-order valence-corrected chi connectivity index (χ4v) is 1.69. The number of halogens is 5. The summed E-state index contributed by atoms with van der Waals surface area (Å²) in [5, 5.41) is 2.26. The molecule has 0 aliphatic heterocycles. The highest BCUT2D eigenvalue weighted by Crippen LogP contribution is 2.32. The van der Waals surface area contributed by atoms with Gasteiger partial charge in [0.1, 0.15) is 11.6 Å². The monoisotopic (exact) mass is 305 g/mol. The first-order valence-corrected chi connectivity index (χ1v) is 5.71. The molecule has 0 spiro atoms. The quantitative estimate of drug-likeness (QED) is 0.817. The van der Waals surface area contributed by atoms with Crippen LogP contribution in [0.15, 0.2) is 30.3 Å². The third-order valence-electron chi connectivity index (χ3n) is 2.39. The molecule has 0 aliphatic rings. The normalized spacial score (nSPS) is 11.4. The summed E-state index contributed by atoms with van der Waals surface area (Å²) < 4.78 is 51.5. The fraction of sp³-hybridized carbons (Fsp3) is 0.0833. The SMILES string of the molecule is Nc1cc(C(F)(F)F)cc(Nc2cccc(Cl)c2F)n1. The Kier molecular flexibility index (Phi) is 3.71. The van der Waals surface area contributed by atoms with Gasteiger partial charge in [0.2, 0.25) is 0 Å². The average molecular weight is 306 g/mol. The predicted octanol–water partition coefficient (Wildman–Crippen LogP) is 4.22. The van der Waals surface area contributed by atoms with Crippen LogP contribution in [0.1, 0.15) is 5.56 Å². The summed E-state index contributed by atoms with van der Waals surface area (Å²) in [4.78, 5) is 3.67. The minimum absolute atomic E-state index is 0.0938. The minimum Gasteiger partial charge on any atom is -0.384 e. The second-order valence-corrected chi connectivity index (χ2v) is 4.30. The van der Waals surface area contributed by atoms with Gasteiger partial charge >= 0.3 is 6.18 Å². The summed E-state index contributed by atoms with van der Waals surface area (Å²) >= 11 is 5.58. The second kappa shape index (κ2) is 5.16. The number of hydrogen-bond donors (Lipinski definition) is 2. The zero-order valence-electron chi connectivity index (χ0n) is 9.80. The lowest BCUT2D eigenvalue weighted by atomic mass is 10.2. The smallest absolute Gasteiger partial charge is 0.384 e. The van der Waals surface area contributed by atoms with E-state index in [4.69, 9.17) is 17.3 Å². The van der Waals surface area contributed by atoms with Crippen LogP contribution in [0.25, 0.3) is 0 Å². The molecule has 0 unspecified atom stereocenters. The van der Waals surface area contributed by atoms with Crippen molar-refractivity contribution >= 4 is 28.9 Å². The van der Waals surface area contributed by atoms with Gasteiger partial charge in [-0.2, -0.15) is 13.2 Å². The van der Waals surface area contributed by atoms with E-state index >= 15 is 0 Å². The molecule has 1 aromatic carbocycles. The van der Waals surface area contributed by atoms with E-state index in [1.807, 2.05) is 0 Å². The summed E-state index contributed by atoms with van der Waals surface area (Å²) in [6, 6.07) is 5.51. The van der Waals surface area contributed by atoms with Crippen molar-refractivity contribution in [2.75, 3.05) is 11.1 Å². The number of rotatable bonds is 2. The lowest BCUT2D eigenvalue weighted by Gasteiger charge is -2.12. The van der Waals surface area contributed by atoms with Crippen molar-refractivity contribution in [3.05, 3.63) is 46.7 Å². The Morgan fingerprint density at radius 1 is 1.20 bits per heavy atom. The standard InChI is InChI=1S/C12H8ClF4N3/c13-7-2-1-3-8(11(7)14)19-10-5-6(12(15,16)17)4-9(18)20-10/h1-5H,(H3,18,19,20). The number of benzene rings is 1. The third-order valence-corrected chi connectivity index (χ3v) is 2.68. The number of nitrogens with two attached hydrogens (primary N) is 1. The molecule has 2 rings (SSSR count). The van der Waals surface area contributed by atoms with Crippen molar-refractivity contribution in [1.82, 2.24) is 4.98 Å². The molecular formula is C12H8ClF4N3. The fourth-order valence-electron chi connectivity index (χ4n) is 1.52. The molecule has 0 bridgehead atoms. The van der Waals surface area contributed by atoms with Gasteiger partial charge in [0.05, 0.1) is 16.3 Å². The molecule has 1 heterocycles. The van der Waals surface area contributed by atoms with Gasteiger partial charge in [0, 0.05) is 0 Å². The van der Waals surface area contributed by atoms with Gasteiger partial charge in [-0.05, 0) is 24.3 Å². The Hall–Kier alpha value is -2.02. The number of aromatic nitrogens is 1. The molecular weight excluding hydrogens is 298 g/mol. The number of nitrogen functional groups attached to an aromatic ring is 1. The summed E-state index contributed by atoms with van der Waals surface area (Å²) in [6.45, 7) is 0. The average Bonchev–Trinajstić information content (AvgIpc) is 2.33. The number of anilines is 3. The summed E-state index contributed by atoms with van der Waals surface area (Å²) in [5.41, 5.74) is 4.24. The number of pyridine rings is 1. The van der Waals surface area contributed by atoms with E-state index in [0.717, 1.165) is 6.07 Å². The van der Waals surface area contributed by atoms with Crippen molar-refractivity contribution in [2.24, 2.45) is 0 Å². The van der Waals surface area contributed by atoms with E-state index in [1.165, 1.54) is 18.2 Å². The van der Waals surface area contributed by atoms with Crippen LogP contribution in [0.2, 0.25) is 5.02 Å². The Morgan fingerprint density at radius 3 is 2.55 bits per heavy atom. The van der Waals surface area contributed by atoms with Gasteiger partial charge in [0.25, 0.3) is 0 Å². The maximum absolute atomic E-state index is 13.6. The van der Waals surface area contributed by atoms with E-state index in [-0.39, 0.29) is 22.3 Å². The lowest BCUT2D eigenvalue weighted by Crippen LogP contribution is -2.08. The van der Waals surface area contributed by atoms with E-state index in [1.54, 1.807) is 0 Å². The van der Waals surface area contributed by atoms with Crippen molar-refractivity contribution in [3.63, 3.8) is 0 Å². The summed E-state index contributed by atoms with van der Waals surface area (Å²) in [5.74, 6) is -1.34. The molecule has 3 nitrogen and oxygen atoms in total. The van der Waals surface area contributed by atoms with E-state index in [9.17, 15) is 17.6 Å². The van der Waals surface area contributed by atoms with Crippen molar-refractivity contribution in [1.29, 1.82) is 0 Å². The Morgan fingerprint density at radius 2 is 1.90 bits per heavy atom.